The molecule has 0 heterocycles. The molecule has 0 aliphatic rings. The van der Waals surface area contributed by atoms with Crippen LogP contribution in [0.5, 0.6) is 0 Å². The predicted octanol–water partition coefficient (Wildman–Crippen LogP) is 3.41. The van der Waals surface area contributed by atoms with Gasteiger partial charge in [0.25, 0.3) is 0 Å². The monoisotopic (exact) mass is 193 g/mol. The van der Waals surface area contributed by atoms with Crippen molar-refractivity contribution < 1.29 is 0 Å². The fraction of sp³-hybridized carbons (Fsp3) is 0.538. The second-order valence-electron chi connectivity index (χ2n) is 4.13. The Morgan fingerprint density at radius 3 is 2.43 bits per heavy atom. The minimum absolute atomic E-state index is 1.10. The highest BCUT2D eigenvalue weighted by Crippen LogP contribution is 2.04. The van der Waals surface area contributed by atoms with Gasteiger partial charge in [0.15, 0.2) is 0 Å². The maximum Gasteiger partial charge on any atom is -0.00218 e. The van der Waals surface area contributed by atoms with Gasteiger partial charge in [-0.1, -0.05) is 36.0 Å². The summed E-state index contributed by atoms with van der Waals surface area (Å²) < 4.78 is 0. The predicted molar refractivity (Wildman–Crippen MR) is 65.5 cm³/mol. The van der Waals surface area contributed by atoms with Crippen LogP contribution in [0.15, 0.2) is 36.0 Å². The van der Waals surface area contributed by atoms with Crippen LogP contribution in [0, 0.1) is 0 Å². The Labute approximate surface area is 88.8 Å². The quantitative estimate of drug-likeness (QED) is 0.584. The van der Waals surface area contributed by atoms with Gasteiger partial charge >= 0.3 is 0 Å². The fourth-order valence-corrected chi connectivity index (χ4v) is 1.13. The third kappa shape index (κ3) is 9.27. The van der Waals surface area contributed by atoms with E-state index in [1.165, 1.54) is 18.4 Å². The van der Waals surface area contributed by atoms with E-state index in [4.69, 9.17) is 0 Å². The summed E-state index contributed by atoms with van der Waals surface area (Å²) in [6, 6.07) is 0. The first-order valence-electron chi connectivity index (χ1n) is 5.16. The summed E-state index contributed by atoms with van der Waals surface area (Å²) in [7, 11) is 4.22. The Morgan fingerprint density at radius 2 is 1.93 bits per heavy atom. The van der Waals surface area contributed by atoms with Crippen LogP contribution in [0.3, 0.4) is 0 Å². The first-order chi connectivity index (χ1) is 6.52. The molecule has 80 valence electrons. The molecule has 0 aromatic heterocycles. The van der Waals surface area contributed by atoms with Crippen molar-refractivity contribution in [3.8, 4) is 0 Å². The molecule has 1 heteroatoms. The highest BCUT2D eigenvalue weighted by Gasteiger charge is 1.91. The minimum Gasteiger partial charge on any atom is -0.309 e. The Hall–Kier alpha value is -0.820. The topological polar surface area (TPSA) is 3.24 Å². The van der Waals surface area contributed by atoms with Crippen molar-refractivity contribution in [3.05, 3.63) is 36.0 Å². The molecule has 0 radical (unpaired) electrons. The molecule has 0 aliphatic carbocycles. The van der Waals surface area contributed by atoms with E-state index in [0.717, 1.165) is 12.1 Å². The second-order valence-corrected chi connectivity index (χ2v) is 4.13. The Balaban J connectivity index is 3.72. The molecule has 0 unspecified atom stereocenters. The summed E-state index contributed by atoms with van der Waals surface area (Å²) in [5, 5.41) is 0. The lowest BCUT2D eigenvalue weighted by molar-refractivity contribution is 0.400. The van der Waals surface area contributed by atoms with Crippen molar-refractivity contribution in [3.63, 3.8) is 0 Å². The summed E-state index contributed by atoms with van der Waals surface area (Å²) >= 11 is 0. The van der Waals surface area contributed by atoms with Gasteiger partial charge in [-0.15, -0.1) is 0 Å². The molecule has 0 aromatic rings. The van der Waals surface area contributed by atoms with Crippen LogP contribution >= 0.6 is 0 Å². The van der Waals surface area contributed by atoms with Gasteiger partial charge in [0.1, 0.15) is 0 Å². The lowest BCUT2D eigenvalue weighted by Crippen LogP contribution is -2.12. The van der Waals surface area contributed by atoms with Gasteiger partial charge in [-0.3, -0.25) is 0 Å². The highest BCUT2D eigenvalue weighted by molar-refractivity contribution is 5.19. The van der Waals surface area contributed by atoms with Gasteiger partial charge in [0.2, 0.25) is 0 Å². The first kappa shape index (κ1) is 13.2. The third-order valence-electron chi connectivity index (χ3n) is 1.94. The molecular weight excluding hydrogens is 170 g/mol. The first-order valence-corrected chi connectivity index (χ1v) is 5.16. The number of nitrogens with zero attached hydrogens (tertiary/aromatic N) is 1. The van der Waals surface area contributed by atoms with E-state index >= 15 is 0 Å². The average molecular weight is 193 g/mol. The van der Waals surface area contributed by atoms with E-state index in [1.807, 2.05) is 13.0 Å². The van der Waals surface area contributed by atoms with Crippen LogP contribution in [0.4, 0.5) is 0 Å². The Morgan fingerprint density at radius 1 is 1.29 bits per heavy atom. The molecule has 0 fully saturated rings. The Kier molecular flexibility index (Phi) is 7.13. The van der Waals surface area contributed by atoms with Gasteiger partial charge in [-0.2, -0.15) is 0 Å². The molecule has 0 atom stereocenters. The summed E-state index contributed by atoms with van der Waals surface area (Å²) in [5.41, 5.74) is 2.53. The normalized spacial score (nSPS) is 12.8. The standard InChI is InChI=1S/C13H23N/c1-12(2)8-6-9-13(3)10-7-11-14(4)5/h6,8-9H,1,7,10-11H2,2-5H3/b8-6-,13-9+. The molecule has 1 nitrogen and oxygen atoms in total. The molecule has 0 bridgehead atoms. The van der Waals surface area contributed by atoms with Crippen LogP contribution in [0.1, 0.15) is 26.7 Å². The van der Waals surface area contributed by atoms with Gasteiger partial charge in [0.05, 0.1) is 0 Å². The van der Waals surface area contributed by atoms with Crippen molar-refractivity contribution in [2.75, 3.05) is 20.6 Å². The zero-order valence-corrected chi connectivity index (χ0v) is 10.0. The molecule has 0 aromatic carbocycles. The molecule has 0 aliphatic heterocycles. The number of hydrogen-bond acceptors (Lipinski definition) is 1. The lowest BCUT2D eigenvalue weighted by Gasteiger charge is -2.08. The van der Waals surface area contributed by atoms with Crippen LogP contribution in [-0.4, -0.2) is 25.5 Å². The maximum atomic E-state index is 3.81. The van der Waals surface area contributed by atoms with Gasteiger partial charge in [-0.25, -0.2) is 0 Å². The molecular formula is C13H23N. The van der Waals surface area contributed by atoms with E-state index in [-0.39, 0.29) is 0 Å². The molecule has 0 N–H and O–H groups in total. The van der Waals surface area contributed by atoms with E-state index in [2.05, 4.69) is 44.6 Å². The van der Waals surface area contributed by atoms with Crippen molar-refractivity contribution in [1.29, 1.82) is 0 Å². The van der Waals surface area contributed by atoms with E-state index in [0.29, 0.717) is 0 Å². The smallest absolute Gasteiger partial charge is 0.00218 e. The minimum atomic E-state index is 1.10. The SMILES string of the molecule is C=C(C)/C=C\C=C(/C)CCCN(C)C. The Bertz CT molecular complexity index is 221. The van der Waals surface area contributed by atoms with E-state index in [1.54, 1.807) is 0 Å². The van der Waals surface area contributed by atoms with Crippen LogP contribution < -0.4 is 0 Å². The largest absolute Gasteiger partial charge is 0.309 e. The molecule has 0 saturated heterocycles. The van der Waals surface area contributed by atoms with Crippen molar-refractivity contribution in [1.82, 2.24) is 4.90 Å². The number of rotatable bonds is 6. The molecule has 0 rings (SSSR count). The zero-order chi connectivity index (χ0) is 11.0. The van der Waals surface area contributed by atoms with Crippen LogP contribution in [0.2, 0.25) is 0 Å². The molecule has 0 saturated carbocycles. The average Bonchev–Trinajstić information content (AvgIpc) is 2.02. The molecule has 0 spiro atoms. The van der Waals surface area contributed by atoms with Crippen molar-refractivity contribution in [2.24, 2.45) is 0 Å². The zero-order valence-electron chi connectivity index (χ0n) is 10.0. The second kappa shape index (κ2) is 7.57. The van der Waals surface area contributed by atoms with E-state index < -0.39 is 0 Å². The van der Waals surface area contributed by atoms with Crippen LogP contribution in [0.25, 0.3) is 0 Å². The van der Waals surface area contributed by atoms with Crippen molar-refractivity contribution >= 4 is 0 Å². The van der Waals surface area contributed by atoms with Gasteiger partial charge in [0, 0.05) is 0 Å². The summed E-state index contributed by atoms with van der Waals surface area (Å²) in [5.74, 6) is 0. The van der Waals surface area contributed by atoms with Crippen molar-refractivity contribution in [2.45, 2.75) is 26.7 Å². The summed E-state index contributed by atoms with van der Waals surface area (Å²) in [6.45, 7) is 9.16. The highest BCUT2D eigenvalue weighted by atomic mass is 15.0. The fourth-order valence-electron chi connectivity index (χ4n) is 1.13. The molecule has 0 amide bonds. The van der Waals surface area contributed by atoms with Gasteiger partial charge in [-0.05, 0) is 47.3 Å². The van der Waals surface area contributed by atoms with Crippen LogP contribution in [-0.2, 0) is 0 Å². The number of hydrogen-bond donors (Lipinski definition) is 0. The summed E-state index contributed by atoms with van der Waals surface area (Å²) in [4.78, 5) is 2.22. The van der Waals surface area contributed by atoms with Gasteiger partial charge < -0.3 is 4.90 Å². The lowest BCUT2D eigenvalue weighted by atomic mass is 10.1. The van der Waals surface area contributed by atoms with E-state index in [9.17, 15) is 0 Å². The summed E-state index contributed by atoms with van der Waals surface area (Å²) in [6.07, 6.45) is 8.70. The number of allylic oxidation sites excluding steroid dienone is 5. The molecule has 14 heavy (non-hydrogen) atoms. The maximum absolute atomic E-state index is 3.81. The third-order valence-corrected chi connectivity index (χ3v) is 1.94.